The van der Waals surface area contributed by atoms with Gasteiger partial charge in [0.25, 0.3) is 0 Å². The number of nitrogens with one attached hydrogen (secondary N) is 3. The molecule has 1 aromatic carbocycles. The Morgan fingerprint density at radius 3 is 2.38 bits per heavy atom. The Kier molecular flexibility index (Phi) is 7.59. The molecule has 9 nitrogen and oxygen atoms in total. The van der Waals surface area contributed by atoms with E-state index in [1.807, 2.05) is 32.0 Å². The van der Waals surface area contributed by atoms with E-state index in [4.69, 9.17) is 9.47 Å². The predicted molar refractivity (Wildman–Crippen MR) is 117 cm³/mol. The summed E-state index contributed by atoms with van der Waals surface area (Å²) in [4.78, 5) is 6.53. The molecule has 3 N–H and O–H groups in total. The standard InChI is InChI=1S/C19H33N5O4S/c1-19(2,23-29(6,25)26)13-21-18(20-3)22-14-7-8-24(12-14)15-9-16(27-4)11-17(10-15)28-5/h9-11,14,23H,7-8,12-13H2,1-6H3,(H2,20,21,22). The van der Waals surface area contributed by atoms with Crippen molar-refractivity contribution >= 4 is 21.7 Å². The number of guanidine groups is 1. The number of sulfonamides is 1. The minimum atomic E-state index is -3.29. The van der Waals surface area contributed by atoms with E-state index in [9.17, 15) is 8.42 Å². The third kappa shape index (κ3) is 7.28. The van der Waals surface area contributed by atoms with E-state index in [-0.39, 0.29) is 6.04 Å². The average molecular weight is 428 g/mol. The summed E-state index contributed by atoms with van der Waals surface area (Å²) in [5, 5.41) is 6.62. The molecule has 0 aromatic heterocycles. The lowest BCUT2D eigenvalue weighted by atomic mass is 10.1. The summed E-state index contributed by atoms with van der Waals surface area (Å²) in [6.07, 6.45) is 2.10. The van der Waals surface area contributed by atoms with E-state index >= 15 is 0 Å². The molecule has 1 unspecified atom stereocenters. The molecule has 0 radical (unpaired) electrons. The first-order valence-corrected chi connectivity index (χ1v) is 11.4. The van der Waals surface area contributed by atoms with Crippen molar-refractivity contribution in [3.8, 4) is 11.5 Å². The van der Waals surface area contributed by atoms with E-state index < -0.39 is 15.6 Å². The highest BCUT2D eigenvalue weighted by atomic mass is 32.2. The van der Waals surface area contributed by atoms with Crippen LogP contribution in [0.5, 0.6) is 11.5 Å². The van der Waals surface area contributed by atoms with E-state index in [1.54, 1.807) is 21.3 Å². The summed E-state index contributed by atoms with van der Waals surface area (Å²) >= 11 is 0. The summed E-state index contributed by atoms with van der Waals surface area (Å²) in [5.74, 6) is 2.16. The number of anilines is 1. The quantitative estimate of drug-likeness (QED) is 0.416. The van der Waals surface area contributed by atoms with E-state index in [2.05, 4.69) is 25.2 Å². The Labute approximate surface area is 173 Å². The molecule has 1 fully saturated rings. The summed E-state index contributed by atoms with van der Waals surface area (Å²) in [6, 6.07) is 6.06. The molecule has 10 heteroatoms. The maximum absolute atomic E-state index is 11.5. The molecular formula is C19H33N5O4S. The Hall–Kier alpha value is -2.20. The molecule has 1 heterocycles. The molecule has 29 heavy (non-hydrogen) atoms. The molecule has 0 amide bonds. The van der Waals surface area contributed by atoms with Crippen LogP contribution in [0.15, 0.2) is 23.2 Å². The molecular weight excluding hydrogens is 394 g/mol. The zero-order valence-electron chi connectivity index (χ0n) is 18.1. The largest absolute Gasteiger partial charge is 0.497 e. The van der Waals surface area contributed by atoms with Crippen molar-refractivity contribution in [3.05, 3.63) is 18.2 Å². The fourth-order valence-electron chi connectivity index (χ4n) is 3.32. The van der Waals surface area contributed by atoms with Gasteiger partial charge < -0.3 is 25.0 Å². The van der Waals surface area contributed by atoms with Gasteiger partial charge in [-0.1, -0.05) is 0 Å². The number of ether oxygens (including phenoxy) is 2. The van der Waals surface area contributed by atoms with Crippen LogP contribution in [-0.2, 0) is 10.0 Å². The average Bonchev–Trinajstić information content (AvgIpc) is 3.11. The predicted octanol–water partition coefficient (Wildman–Crippen LogP) is 0.775. The van der Waals surface area contributed by atoms with Gasteiger partial charge in [-0.05, 0) is 20.3 Å². The van der Waals surface area contributed by atoms with Crippen molar-refractivity contribution in [1.82, 2.24) is 15.4 Å². The SMILES string of the molecule is CN=C(NCC(C)(C)NS(C)(=O)=O)NC1CCN(c2cc(OC)cc(OC)c2)C1. The van der Waals surface area contributed by atoms with Gasteiger partial charge in [-0.3, -0.25) is 4.99 Å². The van der Waals surface area contributed by atoms with Gasteiger partial charge in [0.2, 0.25) is 10.0 Å². The number of rotatable bonds is 8. The first-order valence-electron chi connectivity index (χ1n) is 9.49. The van der Waals surface area contributed by atoms with Crippen molar-refractivity contribution in [2.75, 3.05) is 52.1 Å². The Balaban J connectivity index is 1.94. The Morgan fingerprint density at radius 2 is 1.86 bits per heavy atom. The van der Waals surface area contributed by atoms with Crippen LogP contribution in [0.25, 0.3) is 0 Å². The van der Waals surface area contributed by atoms with Crippen molar-refractivity contribution in [2.24, 2.45) is 4.99 Å². The molecule has 1 aliphatic rings. The summed E-state index contributed by atoms with van der Waals surface area (Å²) in [7, 11) is 1.70. The highest BCUT2D eigenvalue weighted by molar-refractivity contribution is 7.88. The number of hydrogen-bond acceptors (Lipinski definition) is 6. The van der Waals surface area contributed by atoms with Crippen LogP contribution < -0.4 is 29.7 Å². The minimum absolute atomic E-state index is 0.212. The van der Waals surface area contributed by atoms with Crippen molar-refractivity contribution < 1.29 is 17.9 Å². The second-order valence-corrected chi connectivity index (χ2v) is 9.58. The first kappa shape index (κ1) is 23.1. The van der Waals surface area contributed by atoms with Crippen LogP contribution in [0, 0.1) is 0 Å². The zero-order chi connectivity index (χ0) is 21.7. The van der Waals surface area contributed by atoms with Crippen molar-refractivity contribution in [3.63, 3.8) is 0 Å². The first-order chi connectivity index (χ1) is 13.5. The van der Waals surface area contributed by atoms with Gasteiger partial charge in [-0.15, -0.1) is 0 Å². The lowest BCUT2D eigenvalue weighted by Crippen LogP contribution is -2.54. The van der Waals surface area contributed by atoms with Crippen LogP contribution >= 0.6 is 0 Å². The van der Waals surface area contributed by atoms with Crippen LogP contribution in [0.2, 0.25) is 0 Å². The molecule has 0 spiro atoms. The fourth-order valence-corrected chi connectivity index (χ4v) is 4.39. The van der Waals surface area contributed by atoms with E-state index in [0.717, 1.165) is 43.0 Å². The van der Waals surface area contributed by atoms with E-state index in [0.29, 0.717) is 12.5 Å². The zero-order valence-corrected chi connectivity index (χ0v) is 18.9. The third-order valence-corrected chi connectivity index (χ3v) is 5.54. The molecule has 0 bridgehead atoms. The molecule has 1 saturated heterocycles. The topological polar surface area (TPSA) is 104 Å². The Morgan fingerprint density at radius 1 is 1.24 bits per heavy atom. The number of aliphatic imine (C=N–C) groups is 1. The van der Waals surface area contributed by atoms with Gasteiger partial charge in [0.15, 0.2) is 5.96 Å². The van der Waals surface area contributed by atoms with Gasteiger partial charge in [0.1, 0.15) is 11.5 Å². The molecule has 0 aliphatic carbocycles. The minimum Gasteiger partial charge on any atom is -0.497 e. The molecule has 2 rings (SSSR count). The Bertz CT molecular complexity index is 804. The van der Waals surface area contributed by atoms with Crippen molar-refractivity contribution in [2.45, 2.75) is 31.8 Å². The van der Waals surface area contributed by atoms with Crippen LogP contribution in [-0.4, -0.2) is 73.1 Å². The van der Waals surface area contributed by atoms with Gasteiger partial charge in [-0.2, -0.15) is 0 Å². The monoisotopic (exact) mass is 427 g/mol. The van der Waals surface area contributed by atoms with Gasteiger partial charge >= 0.3 is 0 Å². The van der Waals surface area contributed by atoms with Crippen LogP contribution in [0.3, 0.4) is 0 Å². The van der Waals surface area contributed by atoms with Gasteiger partial charge in [0, 0.05) is 62.1 Å². The molecule has 164 valence electrons. The van der Waals surface area contributed by atoms with Gasteiger partial charge in [0.05, 0.1) is 20.5 Å². The summed E-state index contributed by atoms with van der Waals surface area (Å²) in [5.41, 5.74) is 0.413. The second kappa shape index (κ2) is 9.53. The highest BCUT2D eigenvalue weighted by Crippen LogP contribution is 2.30. The smallest absolute Gasteiger partial charge is 0.209 e. The maximum atomic E-state index is 11.5. The second-order valence-electron chi connectivity index (χ2n) is 7.83. The van der Waals surface area contributed by atoms with Crippen LogP contribution in [0.1, 0.15) is 20.3 Å². The van der Waals surface area contributed by atoms with Crippen LogP contribution in [0.4, 0.5) is 5.69 Å². The number of nitrogens with zero attached hydrogens (tertiary/aromatic N) is 2. The summed E-state index contributed by atoms with van der Waals surface area (Å²) in [6.45, 7) is 5.75. The molecule has 1 aliphatic heterocycles. The number of hydrogen-bond donors (Lipinski definition) is 3. The maximum Gasteiger partial charge on any atom is 0.209 e. The lowest BCUT2D eigenvalue weighted by Gasteiger charge is -2.27. The van der Waals surface area contributed by atoms with Crippen molar-refractivity contribution in [1.29, 1.82) is 0 Å². The summed E-state index contributed by atoms with van der Waals surface area (Å²) < 4.78 is 36.3. The van der Waals surface area contributed by atoms with E-state index in [1.165, 1.54) is 0 Å². The number of benzene rings is 1. The normalized spacial score (nSPS) is 17.9. The third-order valence-electron chi connectivity index (χ3n) is 4.61. The van der Waals surface area contributed by atoms with Gasteiger partial charge in [-0.25, -0.2) is 13.1 Å². The lowest BCUT2D eigenvalue weighted by molar-refractivity contribution is 0.394. The fraction of sp³-hybridized carbons (Fsp3) is 0.632. The number of methoxy groups -OCH3 is 2. The molecule has 1 atom stereocenters. The molecule has 0 saturated carbocycles. The molecule has 1 aromatic rings. The highest BCUT2D eigenvalue weighted by Gasteiger charge is 2.26.